The molecular weight excluding hydrogens is 378 g/mol. The van der Waals surface area contributed by atoms with Crippen LogP contribution in [0.2, 0.25) is 0 Å². The molecule has 0 bridgehead atoms. The molecule has 0 aliphatic carbocycles. The summed E-state index contributed by atoms with van der Waals surface area (Å²) in [6.45, 7) is 3.05. The normalized spacial score (nSPS) is 10.5. The number of hydrogen-bond acceptors (Lipinski definition) is 4. The van der Waals surface area contributed by atoms with Crippen molar-refractivity contribution < 1.29 is 18.4 Å². The molecule has 0 spiro atoms. The van der Waals surface area contributed by atoms with E-state index in [1.54, 1.807) is 31.3 Å². The van der Waals surface area contributed by atoms with Crippen molar-refractivity contribution in [3.63, 3.8) is 0 Å². The summed E-state index contributed by atoms with van der Waals surface area (Å²) in [6.07, 6.45) is 3.12. The van der Waals surface area contributed by atoms with Gasteiger partial charge in [0, 0.05) is 38.0 Å². The van der Waals surface area contributed by atoms with Crippen molar-refractivity contribution >= 4 is 23.3 Å². The van der Waals surface area contributed by atoms with Crippen molar-refractivity contribution in [1.29, 1.82) is 0 Å². The van der Waals surface area contributed by atoms with Gasteiger partial charge in [0.1, 0.15) is 17.5 Å². The van der Waals surface area contributed by atoms with Crippen LogP contribution in [-0.2, 0) is 4.79 Å². The highest BCUT2D eigenvalue weighted by atomic mass is 19.1. The van der Waals surface area contributed by atoms with Crippen molar-refractivity contribution in [3.8, 4) is 11.1 Å². The van der Waals surface area contributed by atoms with Crippen LogP contribution >= 0.6 is 0 Å². The van der Waals surface area contributed by atoms with Gasteiger partial charge in [-0.2, -0.15) is 0 Å². The molecular formula is C21H18F2N4O2. The van der Waals surface area contributed by atoms with Gasteiger partial charge in [-0.05, 0) is 42.8 Å². The van der Waals surface area contributed by atoms with E-state index >= 15 is 0 Å². The Kier molecular flexibility index (Phi) is 5.63. The maximum atomic E-state index is 14.1. The number of aromatic nitrogens is 2. The summed E-state index contributed by atoms with van der Waals surface area (Å²) in [5.74, 6) is -1.93. The molecule has 0 saturated heterocycles. The van der Waals surface area contributed by atoms with Crippen molar-refractivity contribution in [1.82, 2.24) is 9.97 Å². The Morgan fingerprint density at radius 3 is 2.48 bits per heavy atom. The minimum atomic E-state index is -0.836. The third-order valence-electron chi connectivity index (χ3n) is 4.29. The van der Waals surface area contributed by atoms with Gasteiger partial charge in [0.15, 0.2) is 0 Å². The van der Waals surface area contributed by atoms with Crippen LogP contribution in [0.5, 0.6) is 0 Å². The number of pyridine rings is 2. The minimum absolute atomic E-state index is 0.0435. The number of hydrogen-bond donors (Lipinski definition) is 1. The molecule has 1 aromatic carbocycles. The summed E-state index contributed by atoms with van der Waals surface area (Å²) in [4.78, 5) is 33.6. The number of rotatable bonds is 4. The van der Waals surface area contributed by atoms with Gasteiger partial charge >= 0.3 is 0 Å². The maximum absolute atomic E-state index is 14.1. The molecule has 2 amide bonds. The fourth-order valence-corrected chi connectivity index (χ4v) is 2.81. The summed E-state index contributed by atoms with van der Waals surface area (Å²) >= 11 is 0. The van der Waals surface area contributed by atoms with E-state index < -0.39 is 17.5 Å². The summed E-state index contributed by atoms with van der Waals surface area (Å²) in [7, 11) is 1.41. The molecule has 0 aliphatic rings. The molecule has 2 heterocycles. The quantitative estimate of drug-likeness (QED) is 0.724. The number of carbonyl (C=O) groups excluding carboxylic acids is 2. The third kappa shape index (κ3) is 4.43. The van der Waals surface area contributed by atoms with Crippen molar-refractivity contribution in [2.75, 3.05) is 17.3 Å². The number of amides is 2. The topological polar surface area (TPSA) is 75.2 Å². The van der Waals surface area contributed by atoms with Crippen LogP contribution in [0.15, 0.2) is 48.8 Å². The van der Waals surface area contributed by atoms with E-state index in [4.69, 9.17) is 0 Å². The van der Waals surface area contributed by atoms with Crippen LogP contribution in [0, 0.1) is 18.6 Å². The number of aryl methyl sites for hydroxylation is 1. The number of anilines is 2. The molecule has 0 saturated carbocycles. The molecule has 0 fully saturated rings. The molecule has 3 rings (SSSR count). The van der Waals surface area contributed by atoms with E-state index in [2.05, 4.69) is 15.3 Å². The number of carbonyl (C=O) groups is 2. The van der Waals surface area contributed by atoms with Crippen molar-refractivity contribution in [2.45, 2.75) is 13.8 Å². The minimum Gasteiger partial charge on any atom is -0.311 e. The molecule has 3 aromatic rings. The van der Waals surface area contributed by atoms with Crippen LogP contribution in [-0.4, -0.2) is 28.8 Å². The largest absolute Gasteiger partial charge is 0.311 e. The summed E-state index contributed by atoms with van der Waals surface area (Å²) in [5, 5.41) is 2.60. The average Bonchev–Trinajstić information content (AvgIpc) is 2.67. The number of nitrogens with one attached hydrogen (secondary N) is 1. The van der Waals surface area contributed by atoms with Crippen LogP contribution in [0.25, 0.3) is 11.1 Å². The van der Waals surface area contributed by atoms with E-state index in [9.17, 15) is 18.4 Å². The highest BCUT2D eigenvalue weighted by Crippen LogP contribution is 2.25. The Morgan fingerprint density at radius 2 is 1.79 bits per heavy atom. The monoisotopic (exact) mass is 396 g/mol. The Balaban J connectivity index is 1.97. The third-order valence-corrected chi connectivity index (χ3v) is 4.29. The van der Waals surface area contributed by atoms with Gasteiger partial charge < -0.3 is 10.2 Å². The van der Waals surface area contributed by atoms with Gasteiger partial charge in [0.05, 0.1) is 16.9 Å². The molecule has 0 aliphatic heterocycles. The predicted octanol–water partition coefficient (Wildman–Crippen LogP) is 3.97. The van der Waals surface area contributed by atoms with Gasteiger partial charge in [-0.3, -0.25) is 14.6 Å². The summed E-state index contributed by atoms with van der Waals surface area (Å²) < 4.78 is 27.2. The lowest BCUT2D eigenvalue weighted by Crippen LogP contribution is -2.28. The zero-order chi connectivity index (χ0) is 21.1. The standard InChI is InChI=1S/C21H18F2N4O2/c1-12-17(21(29)27(3)19-5-4-16(22)10-18(19)23)8-15(11-25-12)14-6-7-24-20(9-14)26-13(2)28/h4-11H,1-3H3,(H,24,26,28). The molecule has 2 aromatic heterocycles. The molecule has 0 radical (unpaired) electrons. The first-order chi connectivity index (χ1) is 13.8. The van der Waals surface area contributed by atoms with E-state index in [1.807, 2.05) is 0 Å². The second-order valence-electron chi connectivity index (χ2n) is 6.43. The van der Waals surface area contributed by atoms with Crippen LogP contribution in [0.1, 0.15) is 23.0 Å². The highest BCUT2D eigenvalue weighted by molar-refractivity contribution is 6.07. The van der Waals surface area contributed by atoms with E-state index in [0.717, 1.165) is 17.0 Å². The summed E-state index contributed by atoms with van der Waals surface area (Å²) in [6, 6.07) is 8.03. The van der Waals surface area contributed by atoms with Crippen LogP contribution < -0.4 is 10.2 Å². The Bertz CT molecular complexity index is 1100. The van der Waals surface area contributed by atoms with Crippen LogP contribution in [0.4, 0.5) is 20.3 Å². The molecule has 148 valence electrons. The zero-order valence-corrected chi connectivity index (χ0v) is 16.0. The van der Waals surface area contributed by atoms with Gasteiger partial charge in [0.25, 0.3) is 5.91 Å². The lowest BCUT2D eigenvalue weighted by Gasteiger charge is -2.19. The number of benzene rings is 1. The first-order valence-electron chi connectivity index (χ1n) is 8.70. The molecule has 1 N–H and O–H groups in total. The van der Waals surface area contributed by atoms with E-state index in [0.29, 0.717) is 22.6 Å². The Labute approximate surface area is 166 Å². The molecule has 0 atom stereocenters. The second-order valence-corrected chi connectivity index (χ2v) is 6.43. The van der Waals surface area contributed by atoms with Crippen LogP contribution in [0.3, 0.4) is 0 Å². The Hall–Kier alpha value is -3.68. The first kappa shape index (κ1) is 20.1. The Morgan fingerprint density at radius 1 is 1.03 bits per heavy atom. The fourth-order valence-electron chi connectivity index (χ4n) is 2.81. The lowest BCUT2D eigenvalue weighted by molar-refractivity contribution is -0.114. The molecule has 29 heavy (non-hydrogen) atoms. The SMILES string of the molecule is CC(=O)Nc1cc(-c2cnc(C)c(C(=O)N(C)c3ccc(F)cc3F)c2)ccn1. The fraction of sp³-hybridized carbons (Fsp3) is 0.143. The smallest absolute Gasteiger partial charge is 0.259 e. The highest BCUT2D eigenvalue weighted by Gasteiger charge is 2.20. The van der Waals surface area contributed by atoms with Gasteiger partial charge in [0.2, 0.25) is 5.91 Å². The van der Waals surface area contributed by atoms with Crippen molar-refractivity contribution in [2.24, 2.45) is 0 Å². The zero-order valence-electron chi connectivity index (χ0n) is 16.0. The first-order valence-corrected chi connectivity index (χ1v) is 8.70. The molecule has 0 unspecified atom stereocenters. The maximum Gasteiger partial charge on any atom is 0.259 e. The van der Waals surface area contributed by atoms with E-state index in [1.165, 1.54) is 26.2 Å². The molecule has 8 heteroatoms. The number of nitrogens with zero attached hydrogens (tertiary/aromatic N) is 3. The van der Waals surface area contributed by atoms with Gasteiger partial charge in [-0.1, -0.05) is 0 Å². The van der Waals surface area contributed by atoms with Gasteiger partial charge in [-0.15, -0.1) is 0 Å². The molecule has 6 nitrogen and oxygen atoms in total. The predicted molar refractivity (Wildman–Crippen MR) is 106 cm³/mol. The summed E-state index contributed by atoms with van der Waals surface area (Å²) in [5.41, 5.74) is 2.01. The van der Waals surface area contributed by atoms with Gasteiger partial charge in [-0.25, -0.2) is 13.8 Å². The van der Waals surface area contributed by atoms with E-state index in [-0.39, 0.29) is 17.2 Å². The number of halogens is 2. The lowest BCUT2D eigenvalue weighted by atomic mass is 10.0. The van der Waals surface area contributed by atoms with Crippen molar-refractivity contribution in [3.05, 3.63) is 71.7 Å². The average molecular weight is 396 g/mol. The second kappa shape index (κ2) is 8.14.